The third kappa shape index (κ3) is 2.71. The fourth-order valence-corrected chi connectivity index (χ4v) is 3.11. The van der Waals surface area contributed by atoms with E-state index in [0.29, 0.717) is 18.1 Å². The summed E-state index contributed by atoms with van der Waals surface area (Å²) in [7, 11) is 1.77. The number of ether oxygens (including phenoxy) is 1. The molecule has 1 aliphatic carbocycles. The van der Waals surface area contributed by atoms with Crippen LogP contribution in [0.25, 0.3) is 10.2 Å². The van der Waals surface area contributed by atoms with Crippen LogP contribution in [-0.2, 0) is 4.74 Å². The molecule has 108 valence electrons. The van der Waals surface area contributed by atoms with Gasteiger partial charge in [-0.3, -0.25) is 0 Å². The Labute approximate surface area is 122 Å². The first-order valence-electron chi connectivity index (χ1n) is 7.08. The highest BCUT2D eigenvalue weighted by molar-refractivity contribution is 7.16. The van der Waals surface area contributed by atoms with Crippen LogP contribution >= 0.6 is 11.3 Å². The zero-order chi connectivity index (χ0) is 13.9. The van der Waals surface area contributed by atoms with E-state index in [0.717, 1.165) is 41.8 Å². The van der Waals surface area contributed by atoms with E-state index in [-0.39, 0.29) is 0 Å². The quantitative estimate of drug-likeness (QED) is 0.856. The van der Waals surface area contributed by atoms with E-state index in [4.69, 9.17) is 4.74 Å². The molecule has 20 heavy (non-hydrogen) atoms. The Balaban J connectivity index is 1.79. The van der Waals surface area contributed by atoms with E-state index in [1.54, 1.807) is 18.4 Å². The number of nitrogens with one attached hydrogen (secondary N) is 2. The molecule has 1 saturated carbocycles. The van der Waals surface area contributed by atoms with E-state index >= 15 is 0 Å². The van der Waals surface area contributed by atoms with Gasteiger partial charge in [0.15, 0.2) is 0 Å². The minimum Gasteiger partial charge on any atom is -0.381 e. The molecule has 0 amide bonds. The highest BCUT2D eigenvalue weighted by Gasteiger charge is 2.29. The Morgan fingerprint density at radius 1 is 1.40 bits per heavy atom. The SMILES string of the molecule is CCCNc1nc(NC2CC(OC)C2)c2ccsc2n1. The summed E-state index contributed by atoms with van der Waals surface area (Å²) in [5.74, 6) is 1.65. The van der Waals surface area contributed by atoms with Crippen LogP contribution in [0.2, 0.25) is 0 Å². The van der Waals surface area contributed by atoms with Gasteiger partial charge in [-0.05, 0) is 30.7 Å². The molecule has 1 fully saturated rings. The molecule has 0 aliphatic heterocycles. The number of fused-ring (bicyclic) bond motifs is 1. The lowest BCUT2D eigenvalue weighted by Crippen LogP contribution is -2.40. The molecule has 2 aromatic rings. The molecule has 3 rings (SSSR count). The number of methoxy groups -OCH3 is 1. The standard InChI is InChI=1S/C14H20N4OS/c1-3-5-15-14-17-12(11-4-6-20-13(11)18-14)16-9-7-10(8-9)19-2/h4,6,9-10H,3,5,7-8H2,1-2H3,(H2,15,16,17,18). The van der Waals surface area contributed by atoms with Crippen LogP contribution in [0.1, 0.15) is 26.2 Å². The second kappa shape index (κ2) is 5.93. The normalized spacial score (nSPS) is 21.7. The Hall–Kier alpha value is -1.40. The number of hydrogen-bond acceptors (Lipinski definition) is 6. The Morgan fingerprint density at radius 2 is 2.25 bits per heavy atom. The molecule has 0 atom stereocenters. The number of aromatic nitrogens is 2. The van der Waals surface area contributed by atoms with Crippen molar-refractivity contribution in [3.05, 3.63) is 11.4 Å². The van der Waals surface area contributed by atoms with Crippen molar-refractivity contribution in [2.75, 3.05) is 24.3 Å². The number of nitrogens with zero attached hydrogens (tertiary/aromatic N) is 2. The fraction of sp³-hybridized carbons (Fsp3) is 0.571. The summed E-state index contributed by atoms with van der Waals surface area (Å²) in [5, 5.41) is 9.96. The van der Waals surface area contributed by atoms with Gasteiger partial charge in [-0.25, -0.2) is 4.98 Å². The van der Waals surface area contributed by atoms with E-state index < -0.39 is 0 Å². The van der Waals surface area contributed by atoms with Gasteiger partial charge in [-0.2, -0.15) is 4.98 Å². The average molecular weight is 292 g/mol. The third-order valence-electron chi connectivity index (χ3n) is 3.63. The molecule has 0 unspecified atom stereocenters. The first kappa shape index (κ1) is 13.6. The summed E-state index contributed by atoms with van der Waals surface area (Å²) >= 11 is 1.65. The van der Waals surface area contributed by atoms with Gasteiger partial charge in [0.2, 0.25) is 5.95 Å². The van der Waals surface area contributed by atoms with Crippen LogP contribution in [0.3, 0.4) is 0 Å². The van der Waals surface area contributed by atoms with Gasteiger partial charge < -0.3 is 15.4 Å². The van der Waals surface area contributed by atoms with Gasteiger partial charge in [0, 0.05) is 19.7 Å². The zero-order valence-electron chi connectivity index (χ0n) is 11.8. The predicted octanol–water partition coefficient (Wildman–Crippen LogP) is 3.10. The van der Waals surface area contributed by atoms with Gasteiger partial charge in [0.25, 0.3) is 0 Å². The molecule has 0 bridgehead atoms. The largest absolute Gasteiger partial charge is 0.381 e. The third-order valence-corrected chi connectivity index (χ3v) is 4.43. The Bertz CT molecular complexity index is 580. The Kier molecular flexibility index (Phi) is 4.03. The molecule has 2 aromatic heterocycles. The van der Waals surface area contributed by atoms with E-state index in [9.17, 15) is 0 Å². The molecule has 0 radical (unpaired) electrons. The van der Waals surface area contributed by atoms with Crippen molar-refractivity contribution in [3.8, 4) is 0 Å². The van der Waals surface area contributed by atoms with Crippen molar-refractivity contribution in [1.82, 2.24) is 9.97 Å². The van der Waals surface area contributed by atoms with Crippen molar-refractivity contribution in [2.45, 2.75) is 38.3 Å². The lowest BCUT2D eigenvalue weighted by atomic mass is 9.89. The average Bonchev–Trinajstić information content (AvgIpc) is 2.88. The fourth-order valence-electron chi connectivity index (χ4n) is 2.35. The maximum Gasteiger partial charge on any atom is 0.226 e. The molecular weight excluding hydrogens is 272 g/mol. The lowest BCUT2D eigenvalue weighted by Gasteiger charge is -2.35. The highest BCUT2D eigenvalue weighted by atomic mass is 32.1. The predicted molar refractivity (Wildman–Crippen MR) is 83.6 cm³/mol. The number of thiophene rings is 1. The summed E-state index contributed by atoms with van der Waals surface area (Å²) in [6.07, 6.45) is 3.55. The molecular formula is C14H20N4OS. The van der Waals surface area contributed by atoms with Crippen LogP contribution in [0, 0.1) is 0 Å². The second-order valence-electron chi connectivity index (χ2n) is 5.13. The summed E-state index contributed by atoms with van der Waals surface area (Å²) in [6.45, 7) is 3.03. The molecule has 2 heterocycles. The molecule has 6 heteroatoms. The van der Waals surface area contributed by atoms with Gasteiger partial charge in [0.1, 0.15) is 10.6 Å². The number of hydrogen-bond donors (Lipinski definition) is 2. The van der Waals surface area contributed by atoms with Crippen molar-refractivity contribution >= 4 is 33.3 Å². The number of rotatable bonds is 6. The van der Waals surface area contributed by atoms with Crippen molar-refractivity contribution in [2.24, 2.45) is 0 Å². The van der Waals surface area contributed by atoms with Crippen molar-refractivity contribution in [1.29, 1.82) is 0 Å². The smallest absolute Gasteiger partial charge is 0.226 e. The first-order chi connectivity index (χ1) is 9.80. The maximum atomic E-state index is 5.32. The molecule has 0 saturated heterocycles. The topological polar surface area (TPSA) is 59.1 Å². The number of anilines is 2. The molecule has 1 aliphatic rings. The van der Waals surface area contributed by atoms with Gasteiger partial charge in [0.05, 0.1) is 11.5 Å². The van der Waals surface area contributed by atoms with Crippen LogP contribution in [-0.4, -0.2) is 35.8 Å². The van der Waals surface area contributed by atoms with E-state index in [1.165, 1.54) is 0 Å². The van der Waals surface area contributed by atoms with E-state index in [1.807, 2.05) is 0 Å². The van der Waals surface area contributed by atoms with Crippen LogP contribution in [0.15, 0.2) is 11.4 Å². The molecule has 5 nitrogen and oxygen atoms in total. The van der Waals surface area contributed by atoms with Gasteiger partial charge >= 0.3 is 0 Å². The summed E-state index contributed by atoms with van der Waals surface area (Å²) in [5.41, 5.74) is 0. The van der Waals surface area contributed by atoms with Crippen molar-refractivity contribution < 1.29 is 4.74 Å². The highest BCUT2D eigenvalue weighted by Crippen LogP contribution is 2.31. The van der Waals surface area contributed by atoms with Crippen LogP contribution in [0.5, 0.6) is 0 Å². The van der Waals surface area contributed by atoms with Crippen LogP contribution in [0.4, 0.5) is 11.8 Å². The molecule has 0 aromatic carbocycles. The van der Waals surface area contributed by atoms with Gasteiger partial charge in [-0.1, -0.05) is 6.92 Å². The lowest BCUT2D eigenvalue weighted by molar-refractivity contribution is 0.0328. The minimum atomic E-state index is 0.394. The summed E-state index contributed by atoms with van der Waals surface area (Å²) < 4.78 is 5.32. The molecule has 0 spiro atoms. The van der Waals surface area contributed by atoms with Crippen LogP contribution < -0.4 is 10.6 Å². The monoisotopic (exact) mass is 292 g/mol. The van der Waals surface area contributed by atoms with Gasteiger partial charge in [-0.15, -0.1) is 11.3 Å². The summed E-state index contributed by atoms with van der Waals surface area (Å²) in [4.78, 5) is 10.2. The van der Waals surface area contributed by atoms with E-state index in [2.05, 4.69) is 39.0 Å². The second-order valence-corrected chi connectivity index (χ2v) is 6.03. The Morgan fingerprint density at radius 3 is 3.00 bits per heavy atom. The summed E-state index contributed by atoms with van der Waals surface area (Å²) in [6, 6.07) is 2.54. The maximum absolute atomic E-state index is 5.32. The molecule has 2 N–H and O–H groups in total. The van der Waals surface area contributed by atoms with Crippen molar-refractivity contribution in [3.63, 3.8) is 0 Å². The minimum absolute atomic E-state index is 0.394. The first-order valence-corrected chi connectivity index (χ1v) is 7.96. The zero-order valence-corrected chi connectivity index (χ0v) is 12.7.